The van der Waals surface area contributed by atoms with Gasteiger partial charge < -0.3 is 14.6 Å². The summed E-state index contributed by atoms with van der Waals surface area (Å²) in [7, 11) is 1.57. The van der Waals surface area contributed by atoms with E-state index in [9.17, 15) is 14.4 Å². The smallest absolute Gasteiger partial charge is 0.294 e. The molecule has 4 bridgehead atoms. The predicted molar refractivity (Wildman–Crippen MR) is 169 cm³/mol. The Bertz CT molecular complexity index is 1600. The third-order valence-corrected chi connectivity index (χ3v) is 11.0. The quantitative estimate of drug-likeness (QED) is 0.291. The van der Waals surface area contributed by atoms with Gasteiger partial charge in [0.25, 0.3) is 11.1 Å². The first-order chi connectivity index (χ1) is 20.7. The highest BCUT2D eigenvalue weighted by atomic mass is 32.2. The maximum atomic E-state index is 13.2. The summed E-state index contributed by atoms with van der Waals surface area (Å²) in [5.74, 6) is 2.52. The zero-order chi connectivity index (χ0) is 29.9. The summed E-state index contributed by atoms with van der Waals surface area (Å²) in [4.78, 5) is 39.8. The van der Waals surface area contributed by atoms with E-state index in [-0.39, 0.29) is 6.54 Å². The van der Waals surface area contributed by atoms with Gasteiger partial charge in [0.1, 0.15) is 12.3 Å². The zero-order valence-corrected chi connectivity index (χ0v) is 25.7. The van der Waals surface area contributed by atoms with Gasteiger partial charge in [-0.05, 0) is 147 Å². The maximum absolute atomic E-state index is 13.2. The number of aromatic nitrogens is 1. The lowest BCUT2D eigenvalue weighted by Crippen LogP contribution is -2.48. The number of carbonyl (C=O) groups excluding carboxylic acids is 3. The van der Waals surface area contributed by atoms with E-state index in [0.717, 1.165) is 57.1 Å². The van der Waals surface area contributed by atoms with Crippen LogP contribution < -0.4 is 10.1 Å². The van der Waals surface area contributed by atoms with Crippen LogP contribution in [0.2, 0.25) is 0 Å². The molecule has 3 aromatic rings. The normalized spacial score (nSPS) is 26.9. The Morgan fingerprint density at radius 3 is 2.21 bits per heavy atom. The van der Waals surface area contributed by atoms with Crippen molar-refractivity contribution in [3.05, 3.63) is 82.0 Å². The summed E-state index contributed by atoms with van der Waals surface area (Å²) in [6, 6.07) is 18.1. The van der Waals surface area contributed by atoms with Gasteiger partial charge in [0.15, 0.2) is 0 Å². The molecule has 1 N–H and O–H groups in total. The number of rotatable bonds is 7. The molecule has 8 heteroatoms. The molecule has 2 aromatic carbocycles. The average molecular weight is 596 g/mol. The molecule has 222 valence electrons. The minimum Gasteiger partial charge on any atom is -0.497 e. The number of ether oxygens (including phenoxy) is 1. The molecule has 0 atom stereocenters. The minimum absolute atomic E-state index is 0.319. The fourth-order valence-electron chi connectivity index (χ4n) is 8.56. The third kappa shape index (κ3) is 5.09. The summed E-state index contributed by atoms with van der Waals surface area (Å²) in [5, 5.41) is 2.28. The molecule has 5 fully saturated rings. The number of anilines is 1. The van der Waals surface area contributed by atoms with Crippen LogP contribution in [0, 0.1) is 31.6 Å². The first kappa shape index (κ1) is 28.0. The van der Waals surface area contributed by atoms with E-state index in [4.69, 9.17) is 4.74 Å². The largest absolute Gasteiger partial charge is 0.497 e. The number of benzene rings is 2. The molecule has 5 aliphatic rings. The first-order valence-corrected chi connectivity index (χ1v) is 16.0. The van der Waals surface area contributed by atoms with E-state index in [2.05, 4.69) is 41.1 Å². The Hall–Kier alpha value is -3.78. The molecule has 43 heavy (non-hydrogen) atoms. The number of carbonyl (C=O) groups is 3. The molecule has 3 amide bonds. The van der Waals surface area contributed by atoms with E-state index in [1.54, 1.807) is 37.5 Å². The molecule has 4 aliphatic carbocycles. The van der Waals surface area contributed by atoms with E-state index in [1.807, 2.05) is 13.0 Å². The summed E-state index contributed by atoms with van der Waals surface area (Å²) >= 11 is 0.871. The molecule has 2 heterocycles. The Morgan fingerprint density at radius 1 is 0.977 bits per heavy atom. The second kappa shape index (κ2) is 10.7. The second-order valence-corrected chi connectivity index (χ2v) is 13.9. The van der Waals surface area contributed by atoms with Crippen molar-refractivity contribution in [2.24, 2.45) is 17.8 Å². The number of imide groups is 1. The molecule has 1 aromatic heterocycles. The van der Waals surface area contributed by atoms with Crippen molar-refractivity contribution >= 4 is 40.6 Å². The van der Waals surface area contributed by atoms with Crippen molar-refractivity contribution < 1.29 is 19.1 Å². The number of aryl methyl sites for hydroxylation is 1. The van der Waals surface area contributed by atoms with Crippen LogP contribution in [0.5, 0.6) is 5.75 Å². The monoisotopic (exact) mass is 595 g/mol. The lowest BCUT2D eigenvalue weighted by atomic mass is 9.48. The SMILES string of the molecule is COc1ccc(NC(=O)CN2C(=O)S/C(=C/c3cc(C)n(-c4ccc(C56CC7CC(CC(C7)C5)C6)cc4)c3C)C2=O)cc1. The predicted octanol–water partition coefficient (Wildman–Crippen LogP) is 7.25. The highest BCUT2D eigenvalue weighted by Gasteiger charge is 2.51. The van der Waals surface area contributed by atoms with Crippen LogP contribution in [-0.4, -0.2) is 40.2 Å². The fourth-order valence-corrected chi connectivity index (χ4v) is 9.38. The molecule has 4 saturated carbocycles. The molecule has 0 spiro atoms. The van der Waals surface area contributed by atoms with Gasteiger partial charge in [0.05, 0.1) is 12.0 Å². The van der Waals surface area contributed by atoms with Crippen LogP contribution in [0.4, 0.5) is 10.5 Å². The minimum atomic E-state index is -0.454. The Balaban J connectivity index is 1.06. The van der Waals surface area contributed by atoms with Crippen molar-refractivity contribution in [2.75, 3.05) is 19.0 Å². The number of hydrogen-bond donors (Lipinski definition) is 1. The lowest BCUT2D eigenvalue weighted by Gasteiger charge is -2.57. The molecular weight excluding hydrogens is 558 g/mol. The molecule has 0 unspecified atom stereocenters. The van der Waals surface area contributed by atoms with E-state index in [1.165, 1.54) is 44.1 Å². The molecule has 8 rings (SSSR count). The van der Waals surface area contributed by atoms with Gasteiger partial charge >= 0.3 is 0 Å². The average Bonchev–Trinajstić information content (AvgIpc) is 3.41. The van der Waals surface area contributed by atoms with Gasteiger partial charge in [-0.2, -0.15) is 0 Å². The Kier molecular flexibility index (Phi) is 7.00. The van der Waals surface area contributed by atoms with Gasteiger partial charge in [-0.15, -0.1) is 0 Å². The molecule has 0 radical (unpaired) electrons. The number of nitrogens with one attached hydrogen (secondary N) is 1. The van der Waals surface area contributed by atoms with Gasteiger partial charge in [-0.25, -0.2) is 0 Å². The number of nitrogens with zero attached hydrogens (tertiary/aromatic N) is 2. The fraction of sp³-hybridized carbons (Fsp3) is 0.400. The van der Waals surface area contributed by atoms with E-state index in [0.29, 0.717) is 21.8 Å². The van der Waals surface area contributed by atoms with E-state index < -0.39 is 17.1 Å². The van der Waals surface area contributed by atoms with Crippen LogP contribution >= 0.6 is 11.8 Å². The van der Waals surface area contributed by atoms with Crippen LogP contribution in [0.1, 0.15) is 61.0 Å². The molecule has 1 saturated heterocycles. The van der Waals surface area contributed by atoms with Gasteiger partial charge in [0.2, 0.25) is 5.91 Å². The topological polar surface area (TPSA) is 80.6 Å². The number of thioether (sulfide) groups is 1. The van der Waals surface area contributed by atoms with Crippen molar-refractivity contribution in [2.45, 2.75) is 57.8 Å². The Morgan fingerprint density at radius 2 is 1.60 bits per heavy atom. The summed E-state index contributed by atoms with van der Waals surface area (Å²) in [5.41, 5.74) is 6.48. The number of hydrogen-bond acceptors (Lipinski definition) is 5. The lowest BCUT2D eigenvalue weighted by molar-refractivity contribution is -0.127. The third-order valence-electron chi connectivity index (χ3n) is 10.1. The highest BCUT2D eigenvalue weighted by Crippen LogP contribution is 2.60. The number of amides is 3. The molecule has 7 nitrogen and oxygen atoms in total. The second-order valence-electron chi connectivity index (χ2n) is 13.0. The molecular formula is C35H37N3O4S. The van der Waals surface area contributed by atoms with Gasteiger partial charge in [0, 0.05) is 22.8 Å². The summed E-state index contributed by atoms with van der Waals surface area (Å²) in [6.07, 6.45) is 10.1. The highest BCUT2D eigenvalue weighted by molar-refractivity contribution is 8.18. The van der Waals surface area contributed by atoms with Crippen LogP contribution in [0.15, 0.2) is 59.5 Å². The van der Waals surface area contributed by atoms with Crippen LogP contribution in [0.25, 0.3) is 11.8 Å². The van der Waals surface area contributed by atoms with E-state index >= 15 is 0 Å². The first-order valence-electron chi connectivity index (χ1n) is 15.2. The van der Waals surface area contributed by atoms with Crippen LogP contribution in [0.3, 0.4) is 0 Å². The van der Waals surface area contributed by atoms with Crippen molar-refractivity contribution in [3.8, 4) is 11.4 Å². The summed E-state index contributed by atoms with van der Waals surface area (Å²) in [6.45, 7) is 3.76. The van der Waals surface area contributed by atoms with Gasteiger partial charge in [-0.3, -0.25) is 19.3 Å². The van der Waals surface area contributed by atoms with Crippen molar-refractivity contribution in [1.29, 1.82) is 0 Å². The van der Waals surface area contributed by atoms with Crippen molar-refractivity contribution in [1.82, 2.24) is 9.47 Å². The Labute approximate surface area is 256 Å². The standard InChI is InChI=1S/C35H37N3O4S/c1-21-12-26(16-31-33(40)37(34(41)43-31)20-32(39)36-28-6-10-30(42-3)11-7-28)22(2)38(21)29-8-4-27(5-9-29)35-17-23-13-24(18-35)15-25(14-23)19-35/h4-12,16,23-25H,13-15,17-20H2,1-3H3,(H,36,39)/b31-16+. The van der Waals surface area contributed by atoms with Crippen molar-refractivity contribution in [3.63, 3.8) is 0 Å². The number of methoxy groups -OCH3 is 1. The molecule has 1 aliphatic heterocycles. The maximum Gasteiger partial charge on any atom is 0.294 e. The summed E-state index contributed by atoms with van der Waals surface area (Å²) < 4.78 is 7.35. The van der Waals surface area contributed by atoms with Crippen LogP contribution in [-0.2, 0) is 15.0 Å². The van der Waals surface area contributed by atoms with Gasteiger partial charge in [-0.1, -0.05) is 12.1 Å². The zero-order valence-electron chi connectivity index (χ0n) is 24.9.